The van der Waals surface area contributed by atoms with Gasteiger partial charge in [0.05, 0.1) is 5.41 Å². The molecule has 0 saturated heterocycles. The van der Waals surface area contributed by atoms with E-state index in [9.17, 15) is 14.7 Å². The van der Waals surface area contributed by atoms with Gasteiger partial charge in [-0.1, -0.05) is 13.8 Å². The maximum atomic E-state index is 11.4. The van der Waals surface area contributed by atoms with E-state index >= 15 is 0 Å². The maximum Gasteiger partial charge on any atom is 0.311 e. The molecule has 1 amide bonds. The summed E-state index contributed by atoms with van der Waals surface area (Å²) < 4.78 is 0.681. The van der Waals surface area contributed by atoms with Crippen molar-refractivity contribution < 1.29 is 14.7 Å². The number of carbonyl (C=O) groups is 2. The molecule has 1 aromatic carbocycles. The SMILES string of the molecule is CCC(CC)(CNc1ccc(C(N)=O)cc1Br)C(=O)O. The number of halogens is 1. The molecule has 1 rings (SSSR count). The van der Waals surface area contributed by atoms with Crippen molar-refractivity contribution in [2.24, 2.45) is 11.1 Å². The predicted octanol–water partition coefficient (Wildman–Crippen LogP) is 2.85. The summed E-state index contributed by atoms with van der Waals surface area (Å²) in [5.74, 6) is -1.31. The standard InChI is InChI=1S/C14H19BrN2O3/c1-3-14(4-2,13(19)20)8-17-11-6-5-9(12(16)18)7-10(11)15/h5-7,17H,3-4,8H2,1-2H3,(H2,16,18)(H,19,20). The molecule has 0 aliphatic carbocycles. The molecule has 0 aliphatic heterocycles. The van der Waals surface area contributed by atoms with Crippen molar-refractivity contribution in [2.75, 3.05) is 11.9 Å². The van der Waals surface area contributed by atoms with E-state index in [1.54, 1.807) is 18.2 Å². The van der Waals surface area contributed by atoms with Crippen LogP contribution in [0.1, 0.15) is 37.0 Å². The number of amides is 1. The topological polar surface area (TPSA) is 92.4 Å². The number of aliphatic carboxylic acids is 1. The maximum absolute atomic E-state index is 11.4. The fourth-order valence-corrected chi connectivity index (χ4v) is 2.47. The predicted molar refractivity (Wildman–Crippen MR) is 81.8 cm³/mol. The Morgan fingerprint density at radius 1 is 1.35 bits per heavy atom. The Labute approximate surface area is 126 Å². The lowest BCUT2D eigenvalue weighted by atomic mass is 9.82. The minimum absolute atomic E-state index is 0.323. The number of carboxylic acid groups (broad SMARTS) is 1. The second kappa shape index (κ2) is 6.74. The van der Waals surface area contributed by atoms with Crippen LogP contribution < -0.4 is 11.1 Å². The molecule has 0 bridgehead atoms. The van der Waals surface area contributed by atoms with Crippen LogP contribution in [0.4, 0.5) is 5.69 Å². The summed E-state index contributed by atoms with van der Waals surface area (Å²) in [6.45, 7) is 4.05. The van der Waals surface area contributed by atoms with Crippen LogP contribution in [0.2, 0.25) is 0 Å². The Balaban J connectivity index is 2.89. The van der Waals surface area contributed by atoms with E-state index in [0.29, 0.717) is 29.4 Å². The van der Waals surface area contributed by atoms with Gasteiger partial charge in [0.25, 0.3) is 0 Å². The van der Waals surface area contributed by atoms with Crippen molar-refractivity contribution >= 4 is 33.5 Å². The molecular formula is C14H19BrN2O3. The molecule has 0 aromatic heterocycles. The molecule has 0 saturated carbocycles. The summed E-state index contributed by atoms with van der Waals surface area (Å²) in [7, 11) is 0. The van der Waals surface area contributed by atoms with Gasteiger partial charge in [0.1, 0.15) is 0 Å². The summed E-state index contributed by atoms with van der Waals surface area (Å²) in [6, 6.07) is 4.93. The molecule has 4 N–H and O–H groups in total. The Morgan fingerprint density at radius 3 is 2.35 bits per heavy atom. The smallest absolute Gasteiger partial charge is 0.311 e. The lowest BCUT2D eigenvalue weighted by molar-refractivity contribution is -0.148. The molecule has 110 valence electrons. The highest BCUT2D eigenvalue weighted by atomic mass is 79.9. The molecule has 0 fully saturated rings. The first-order valence-corrected chi connectivity index (χ1v) is 7.22. The molecule has 5 nitrogen and oxygen atoms in total. The van der Waals surface area contributed by atoms with Crippen molar-refractivity contribution in [1.82, 2.24) is 0 Å². The number of benzene rings is 1. The fraction of sp³-hybridized carbons (Fsp3) is 0.429. The van der Waals surface area contributed by atoms with E-state index in [4.69, 9.17) is 5.73 Å². The lowest BCUT2D eigenvalue weighted by Crippen LogP contribution is -2.36. The number of carboxylic acids is 1. The Bertz CT molecular complexity index is 513. The molecule has 6 heteroatoms. The van der Waals surface area contributed by atoms with Gasteiger partial charge in [0.2, 0.25) is 5.91 Å². The number of anilines is 1. The Morgan fingerprint density at radius 2 is 1.95 bits per heavy atom. The zero-order chi connectivity index (χ0) is 15.3. The van der Waals surface area contributed by atoms with E-state index in [1.165, 1.54) is 0 Å². The quantitative estimate of drug-likeness (QED) is 0.710. The minimum atomic E-state index is -0.806. The number of hydrogen-bond acceptors (Lipinski definition) is 3. The average Bonchev–Trinajstić information content (AvgIpc) is 2.41. The van der Waals surface area contributed by atoms with Crippen LogP contribution in [0.25, 0.3) is 0 Å². The van der Waals surface area contributed by atoms with E-state index < -0.39 is 17.3 Å². The molecule has 0 heterocycles. The van der Waals surface area contributed by atoms with Gasteiger partial charge in [0.15, 0.2) is 0 Å². The highest BCUT2D eigenvalue weighted by Crippen LogP contribution is 2.30. The van der Waals surface area contributed by atoms with Crippen molar-refractivity contribution in [3.05, 3.63) is 28.2 Å². The van der Waals surface area contributed by atoms with Gasteiger partial charge >= 0.3 is 5.97 Å². The second-order valence-corrected chi connectivity index (χ2v) is 5.56. The van der Waals surface area contributed by atoms with Crippen molar-refractivity contribution in [2.45, 2.75) is 26.7 Å². The van der Waals surface area contributed by atoms with Crippen molar-refractivity contribution in [3.63, 3.8) is 0 Å². The van der Waals surface area contributed by atoms with E-state index in [0.717, 1.165) is 5.69 Å². The van der Waals surface area contributed by atoms with Gasteiger partial charge in [0, 0.05) is 22.3 Å². The molecule has 0 unspecified atom stereocenters. The van der Waals surface area contributed by atoms with E-state index in [2.05, 4.69) is 21.2 Å². The summed E-state index contributed by atoms with van der Waals surface area (Å²) in [5, 5.41) is 12.5. The van der Waals surface area contributed by atoms with Crippen LogP contribution in [-0.4, -0.2) is 23.5 Å². The number of hydrogen-bond donors (Lipinski definition) is 3. The van der Waals surface area contributed by atoms with Gasteiger partial charge < -0.3 is 16.2 Å². The van der Waals surface area contributed by atoms with Crippen LogP contribution in [0.15, 0.2) is 22.7 Å². The third-order valence-electron chi connectivity index (χ3n) is 3.68. The van der Waals surface area contributed by atoms with E-state index in [1.807, 2.05) is 13.8 Å². The van der Waals surface area contributed by atoms with Crippen LogP contribution in [0, 0.1) is 5.41 Å². The van der Waals surface area contributed by atoms with Crippen LogP contribution >= 0.6 is 15.9 Å². The summed E-state index contributed by atoms with van der Waals surface area (Å²) in [4.78, 5) is 22.5. The van der Waals surface area contributed by atoms with Crippen molar-refractivity contribution in [1.29, 1.82) is 0 Å². The van der Waals surface area contributed by atoms with Crippen LogP contribution in [0.5, 0.6) is 0 Å². The Kier molecular flexibility index (Phi) is 5.56. The molecule has 1 aromatic rings. The Hall–Kier alpha value is -1.56. The van der Waals surface area contributed by atoms with Gasteiger partial charge in [-0.3, -0.25) is 9.59 Å². The summed E-state index contributed by atoms with van der Waals surface area (Å²) in [6.07, 6.45) is 1.09. The lowest BCUT2D eigenvalue weighted by Gasteiger charge is -2.27. The third-order valence-corrected chi connectivity index (χ3v) is 4.33. The third kappa shape index (κ3) is 3.50. The zero-order valence-electron chi connectivity index (χ0n) is 11.6. The first-order chi connectivity index (χ1) is 9.36. The van der Waals surface area contributed by atoms with Gasteiger partial charge in [-0.2, -0.15) is 0 Å². The number of carbonyl (C=O) groups excluding carboxylic acids is 1. The van der Waals surface area contributed by atoms with Crippen molar-refractivity contribution in [3.8, 4) is 0 Å². The highest BCUT2D eigenvalue weighted by Gasteiger charge is 2.34. The average molecular weight is 343 g/mol. The summed E-state index contributed by atoms with van der Waals surface area (Å²) in [5.41, 5.74) is 5.55. The molecule has 0 atom stereocenters. The molecule has 0 radical (unpaired) electrons. The largest absolute Gasteiger partial charge is 0.481 e. The molecular weight excluding hydrogens is 324 g/mol. The minimum Gasteiger partial charge on any atom is -0.481 e. The van der Waals surface area contributed by atoms with Gasteiger partial charge in [-0.05, 0) is 47.0 Å². The fourth-order valence-electron chi connectivity index (χ4n) is 1.95. The molecule has 0 spiro atoms. The normalized spacial score (nSPS) is 11.2. The number of rotatable bonds is 7. The van der Waals surface area contributed by atoms with Gasteiger partial charge in [-0.15, -0.1) is 0 Å². The molecule has 20 heavy (non-hydrogen) atoms. The number of primary amides is 1. The first-order valence-electron chi connectivity index (χ1n) is 6.43. The van der Waals surface area contributed by atoms with Crippen LogP contribution in [-0.2, 0) is 4.79 Å². The van der Waals surface area contributed by atoms with E-state index in [-0.39, 0.29) is 0 Å². The second-order valence-electron chi connectivity index (χ2n) is 4.71. The molecule has 0 aliphatic rings. The number of nitrogens with one attached hydrogen (secondary N) is 1. The van der Waals surface area contributed by atoms with Gasteiger partial charge in [-0.25, -0.2) is 0 Å². The van der Waals surface area contributed by atoms with Crippen LogP contribution in [0.3, 0.4) is 0 Å². The number of nitrogens with two attached hydrogens (primary N) is 1. The monoisotopic (exact) mass is 342 g/mol. The zero-order valence-corrected chi connectivity index (χ0v) is 13.2. The first kappa shape index (κ1) is 16.5. The highest BCUT2D eigenvalue weighted by molar-refractivity contribution is 9.10. The summed E-state index contributed by atoms with van der Waals surface area (Å²) >= 11 is 3.35.